The molecule has 0 atom stereocenters. The van der Waals surface area contributed by atoms with Gasteiger partial charge in [-0.3, -0.25) is 4.57 Å². The van der Waals surface area contributed by atoms with E-state index in [2.05, 4.69) is 87.7 Å². The van der Waals surface area contributed by atoms with Crippen LogP contribution in [0, 0.1) is 6.92 Å². The summed E-state index contributed by atoms with van der Waals surface area (Å²) in [6, 6.07) is 29.0. The zero-order chi connectivity index (χ0) is 19.3. The van der Waals surface area contributed by atoms with Crippen molar-refractivity contribution in [2.45, 2.75) is 13.8 Å². The van der Waals surface area contributed by atoms with Crippen LogP contribution in [0.5, 0.6) is 0 Å². The Hall–Kier alpha value is -3.24. The predicted molar refractivity (Wildman–Crippen MR) is 118 cm³/mol. The van der Waals surface area contributed by atoms with E-state index in [1.807, 2.05) is 31.2 Å². The first-order valence-corrected chi connectivity index (χ1v) is 10.1. The molecule has 3 nitrogen and oxygen atoms in total. The van der Waals surface area contributed by atoms with Gasteiger partial charge in [-0.15, -0.1) is 16.4 Å². The van der Waals surface area contributed by atoms with Gasteiger partial charge in [0.05, 0.1) is 11.4 Å². The molecule has 0 fully saturated rings. The Morgan fingerprint density at radius 3 is 2.14 bits per heavy atom. The van der Waals surface area contributed by atoms with E-state index in [0.29, 0.717) is 0 Å². The van der Waals surface area contributed by atoms with Crippen LogP contribution in [0.15, 0.2) is 101 Å². The van der Waals surface area contributed by atoms with Crippen LogP contribution in [-0.2, 0) is 0 Å². The maximum absolute atomic E-state index is 4.60. The number of rotatable bonds is 4. The molecule has 0 radical (unpaired) electrons. The van der Waals surface area contributed by atoms with Gasteiger partial charge in [0.2, 0.25) is 4.80 Å². The fraction of sp³-hybridized carbons (Fsp3) is 0.0833. The highest BCUT2D eigenvalue weighted by atomic mass is 32.1. The maximum atomic E-state index is 4.60. The lowest BCUT2D eigenvalue weighted by Crippen LogP contribution is -2.13. The van der Waals surface area contributed by atoms with Crippen LogP contribution in [0.1, 0.15) is 18.1 Å². The number of hydrogen-bond acceptors (Lipinski definition) is 3. The van der Waals surface area contributed by atoms with Crippen LogP contribution < -0.4 is 4.80 Å². The van der Waals surface area contributed by atoms with Crippen molar-refractivity contribution in [2.24, 2.45) is 10.2 Å². The average molecular weight is 384 g/mol. The minimum Gasteiger partial charge on any atom is -0.284 e. The summed E-state index contributed by atoms with van der Waals surface area (Å²) in [5.41, 5.74) is 6.56. The van der Waals surface area contributed by atoms with Crippen LogP contribution >= 0.6 is 11.3 Å². The van der Waals surface area contributed by atoms with Gasteiger partial charge < -0.3 is 0 Å². The second-order valence-electron chi connectivity index (χ2n) is 6.59. The Balaban J connectivity index is 1.83. The zero-order valence-corrected chi connectivity index (χ0v) is 16.7. The third-order valence-corrected chi connectivity index (χ3v) is 5.36. The molecule has 0 aliphatic rings. The summed E-state index contributed by atoms with van der Waals surface area (Å²) < 4.78 is 2.16. The van der Waals surface area contributed by atoms with Crippen molar-refractivity contribution >= 4 is 17.0 Å². The van der Waals surface area contributed by atoms with Crippen molar-refractivity contribution in [3.05, 3.63) is 106 Å². The smallest absolute Gasteiger partial charge is 0.215 e. The Kier molecular flexibility index (Phi) is 5.31. The molecule has 0 unspecified atom stereocenters. The second-order valence-corrected chi connectivity index (χ2v) is 7.43. The summed E-state index contributed by atoms with van der Waals surface area (Å²) in [5, 5.41) is 11.3. The van der Waals surface area contributed by atoms with E-state index in [-0.39, 0.29) is 0 Å². The zero-order valence-electron chi connectivity index (χ0n) is 15.9. The second kappa shape index (κ2) is 8.19. The summed E-state index contributed by atoms with van der Waals surface area (Å²) in [7, 11) is 0. The lowest BCUT2D eigenvalue weighted by Gasteiger charge is -2.08. The quantitative estimate of drug-likeness (QED) is 0.313. The summed E-state index contributed by atoms with van der Waals surface area (Å²) in [6.07, 6.45) is 0. The molecule has 1 aromatic heterocycles. The Labute approximate surface area is 169 Å². The molecule has 0 spiro atoms. The molecule has 4 heteroatoms. The topological polar surface area (TPSA) is 29.6 Å². The van der Waals surface area contributed by atoms with Crippen molar-refractivity contribution in [3.8, 4) is 16.9 Å². The van der Waals surface area contributed by atoms with Gasteiger partial charge in [0.15, 0.2) is 0 Å². The van der Waals surface area contributed by atoms with Crippen molar-refractivity contribution in [3.63, 3.8) is 0 Å². The first-order valence-electron chi connectivity index (χ1n) is 9.19. The highest BCUT2D eigenvalue weighted by Crippen LogP contribution is 2.23. The summed E-state index contributed by atoms with van der Waals surface area (Å²) >= 11 is 1.59. The van der Waals surface area contributed by atoms with Crippen molar-refractivity contribution in [1.29, 1.82) is 0 Å². The molecule has 0 N–H and O–H groups in total. The molecule has 4 aromatic rings. The van der Waals surface area contributed by atoms with Crippen molar-refractivity contribution in [2.75, 3.05) is 0 Å². The lowest BCUT2D eigenvalue weighted by atomic mass is 10.1. The average Bonchev–Trinajstić information content (AvgIpc) is 3.18. The molecule has 0 amide bonds. The molecule has 28 heavy (non-hydrogen) atoms. The largest absolute Gasteiger partial charge is 0.284 e. The number of aryl methyl sites for hydroxylation is 1. The van der Waals surface area contributed by atoms with E-state index in [9.17, 15) is 0 Å². The fourth-order valence-corrected chi connectivity index (χ4v) is 3.84. The summed E-state index contributed by atoms with van der Waals surface area (Å²) in [6.45, 7) is 4.08. The number of para-hydroxylation sites is 1. The normalized spacial score (nSPS) is 12.4. The molecule has 4 rings (SSSR count). The van der Waals surface area contributed by atoms with E-state index in [1.54, 1.807) is 11.3 Å². The third-order valence-electron chi connectivity index (χ3n) is 4.55. The molecule has 0 aliphatic heterocycles. The van der Waals surface area contributed by atoms with Gasteiger partial charge in [-0.25, -0.2) is 0 Å². The van der Waals surface area contributed by atoms with E-state index in [1.165, 1.54) is 5.56 Å². The van der Waals surface area contributed by atoms with E-state index >= 15 is 0 Å². The Morgan fingerprint density at radius 2 is 1.46 bits per heavy atom. The highest BCUT2D eigenvalue weighted by Gasteiger charge is 2.09. The standard InChI is InChI=1S/C24H21N3S/c1-18-13-15-20(16-14-18)19(2)25-26-24-27(22-11-7-4-8-12-22)23(17-28-24)21-9-5-3-6-10-21/h3-17H,1-2H3/b25-19+,26-24-. The summed E-state index contributed by atoms with van der Waals surface area (Å²) in [4.78, 5) is 0.844. The van der Waals surface area contributed by atoms with Crippen molar-refractivity contribution in [1.82, 2.24) is 4.57 Å². The van der Waals surface area contributed by atoms with Gasteiger partial charge in [-0.1, -0.05) is 78.4 Å². The monoisotopic (exact) mass is 383 g/mol. The maximum Gasteiger partial charge on any atom is 0.215 e. The minimum atomic E-state index is 0.844. The number of nitrogens with zero attached hydrogens (tertiary/aromatic N) is 3. The number of benzene rings is 3. The fourth-order valence-electron chi connectivity index (χ4n) is 2.99. The highest BCUT2D eigenvalue weighted by molar-refractivity contribution is 7.07. The Morgan fingerprint density at radius 1 is 0.821 bits per heavy atom. The van der Waals surface area contributed by atoms with Crippen LogP contribution in [0.3, 0.4) is 0 Å². The molecule has 3 aromatic carbocycles. The molecule has 1 heterocycles. The van der Waals surface area contributed by atoms with Gasteiger partial charge in [-0.05, 0) is 37.1 Å². The van der Waals surface area contributed by atoms with Crippen molar-refractivity contribution < 1.29 is 0 Å². The first-order chi connectivity index (χ1) is 13.7. The van der Waals surface area contributed by atoms with Crippen LogP contribution in [-0.4, -0.2) is 10.3 Å². The van der Waals surface area contributed by atoms with E-state index < -0.39 is 0 Å². The molecule has 0 aliphatic carbocycles. The van der Waals surface area contributed by atoms with Gasteiger partial charge in [0.1, 0.15) is 0 Å². The predicted octanol–water partition coefficient (Wildman–Crippen LogP) is 5.84. The molecule has 0 saturated carbocycles. The summed E-state index contributed by atoms with van der Waals surface area (Å²) in [5.74, 6) is 0. The number of hydrogen-bond donors (Lipinski definition) is 0. The number of aromatic nitrogens is 1. The minimum absolute atomic E-state index is 0.844. The van der Waals surface area contributed by atoms with Crippen LogP contribution in [0.4, 0.5) is 0 Å². The third kappa shape index (κ3) is 3.87. The van der Waals surface area contributed by atoms with Crippen LogP contribution in [0.25, 0.3) is 16.9 Å². The van der Waals surface area contributed by atoms with Crippen LogP contribution in [0.2, 0.25) is 0 Å². The Bertz CT molecular complexity index is 1150. The first kappa shape index (κ1) is 18.1. The van der Waals surface area contributed by atoms with E-state index in [4.69, 9.17) is 0 Å². The molecule has 138 valence electrons. The van der Waals surface area contributed by atoms with Gasteiger partial charge in [-0.2, -0.15) is 5.10 Å². The van der Waals surface area contributed by atoms with Gasteiger partial charge in [0.25, 0.3) is 0 Å². The van der Waals surface area contributed by atoms with E-state index in [0.717, 1.165) is 33.0 Å². The van der Waals surface area contributed by atoms with Gasteiger partial charge in [0, 0.05) is 11.1 Å². The molecular weight excluding hydrogens is 362 g/mol. The SMILES string of the molecule is C/C(=N\N=c1/scc(-c2ccccc2)n1-c1ccccc1)c1ccc(C)cc1. The lowest BCUT2D eigenvalue weighted by molar-refractivity contribution is 0.970. The molecule has 0 bridgehead atoms. The number of thiazole rings is 1. The van der Waals surface area contributed by atoms with Gasteiger partial charge >= 0.3 is 0 Å². The molecule has 0 saturated heterocycles. The molecular formula is C24H21N3S.